The Morgan fingerprint density at radius 1 is 0.414 bits per heavy atom. The maximum atomic E-state index is 6.55. The van der Waals surface area contributed by atoms with E-state index in [4.69, 9.17) is 8.83 Å². The Morgan fingerprint density at radius 2 is 1.07 bits per heavy atom. The Kier molecular flexibility index (Phi) is 6.98. The second-order valence-electron chi connectivity index (χ2n) is 16.0. The molecule has 0 saturated carbocycles. The van der Waals surface area contributed by atoms with Crippen molar-refractivity contribution < 1.29 is 8.83 Å². The Hall–Kier alpha value is -7.36. The normalized spacial score (nSPS) is 13.1. The molecule has 0 saturated heterocycles. The fourth-order valence-corrected chi connectivity index (χ4v) is 9.72. The molecular weight excluding hydrogens is 707 g/mol. The Morgan fingerprint density at radius 3 is 1.97 bits per heavy atom. The van der Waals surface area contributed by atoms with Crippen LogP contribution in [0.5, 0.6) is 0 Å². The van der Waals surface area contributed by atoms with Gasteiger partial charge in [-0.3, -0.25) is 0 Å². The van der Waals surface area contributed by atoms with Crippen LogP contribution < -0.4 is 4.90 Å². The van der Waals surface area contributed by atoms with Gasteiger partial charge >= 0.3 is 0 Å². The molecule has 0 amide bonds. The lowest BCUT2D eigenvalue weighted by molar-refractivity contribution is 0.660. The molecule has 3 heteroatoms. The quantitative estimate of drug-likeness (QED) is 0.176. The van der Waals surface area contributed by atoms with Crippen LogP contribution in [0.1, 0.15) is 25.0 Å². The minimum Gasteiger partial charge on any atom is -0.456 e. The zero-order valence-corrected chi connectivity index (χ0v) is 32.2. The van der Waals surface area contributed by atoms with Crippen molar-refractivity contribution in [2.45, 2.75) is 19.3 Å². The van der Waals surface area contributed by atoms with E-state index in [1.807, 2.05) is 12.1 Å². The van der Waals surface area contributed by atoms with Crippen LogP contribution in [0.4, 0.5) is 17.1 Å². The van der Waals surface area contributed by atoms with Crippen molar-refractivity contribution in [3.63, 3.8) is 0 Å². The summed E-state index contributed by atoms with van der Waals surface area (Å²) in [4.78, 5) is 2.47. The van der Waals surface area contributed by atoms with E-state index in [2.05, 4.69) is 195 Å². The highest BCUT2D eigenvalue weighted by molar-refractivity contribution is 6.16. The van der Waals surface area contributed by atoms with Gasteiger partial charge in [0.1, 0.15) is 22.3 Å². The molecule has 3 nitrogen and oxygen atoms in total. The van der Waals surface area contributed by atoms with Gasteiger partial charge in [0, 0.05) is 49.2 Å². The summed E-state index contributed by atoms with van der Waals surface area (Å²) in [7, 11) is 0. The molecule has 1 aliphatic rings. The molecule has 0 radical (unpaired) electrons. The molecule has 0 aliphatic heterocycles. The summed E-state index contributed by atoms with van der Waals surface area (Å²) < 4.78 is 12.8. The summed E-state index contributed by atoms with van der Waals surface area (Å²) in [6.45, 7) is 4.70. The highest BCUT2D eigenvalue weighted by atomic mass is 16.3. The van der Waals surface area contributed by atoms with Gasteiger partial charge in [-0.2, -0.15) is 0 Å². The summed E-state index contributed by atoms with van der Waals surface area (Å²) in [5, 5.41) is 6.82. The summed E-state index contributed by atoms with van der Waals surface area (Å²) in [5.74, 6) is 0. The van der Waals surface area contributed by atoms with Gasteiger partial charge in [-0.25, -0.2) is 0 Å². The smallest absolute Gasteiger partial charge is 0.143 e. The van der Waals surface area contributed by atoms with Gasteiger partial charge in [-0.05, 0) is 93.4 Å². The average molecular weight is 744 g/mol. The van der Waals surface area contributed by atoms with E-state index in [0.717, 1.165) is 88.6 Å². The van der Waals surface area contributed by atoms with Crippen LogP contribution in [0, 0.1) is 0 Å². The molecule has 0 bridgehead atoms. The van der Waals surface area contributed by atoms with E-state index in [1.165, 1.54) is 27.6 Å². The van der Waals surface area contributed by atoms with Crippen molar-refractivity contribution in [1.29, 1.82) is 0 Å². The first-order valence-corrected chi connectivity index (χ1v) is 20.0. The molecule has 58 heavy (non-hydrogen) atoms. The van der Waals surface area contributed by atoms with Crippen LogP contribution in [0.3, 0.4) is 0 Å². The molecule has 0 unspecified atom stereocenters. The molecule has 0 fully saturated rings. The van der Waals surface area contributed by atoms with E-state index in [0.29, 0.717) is 0 Å². The lowest BCUT2D eigenvalue weighted by atomic mass is 9.82. The SMILES string of the molecule is CC1(C)c2ccccc2-c2c(N(c3ccc(-c4cccc5oc6ccccc6c45)cc3)c3ccccc3-c3ccc4oc5c6ccccc6ccc5c4c3)cccc21. The second kappa shape index (κ2) is 12.3. The minimum atomic E-state index is -0.138. The summed E-state index contributed by atoms with van der Waals surface area (Å²) in [6, 6.07) is 67.8. The number of nitrogens with zero attached hydrogens (tertiary/aromatic N) is 1. The number of benzene rings is 9. The zero-order chi connectivity index (χ0) is 38.5. The van der Waals surface area contributed by atoms with E-state index in [-0.39, 0.29) is 5.41 Å². The van der Waals surface area contributed by atoms with Crippen LogP contribution >= 0.6 is 0 Å². The second-order valence-corrected chi connectivity index (χ2v) is 16.0. The fraction of sp³-hybridized carbons (Fsp3) is 0.0545. The number of furan rings is 2. The molecule has 2 heterocycles. The molecule has 0 atom stereocenters. The highest BCUT2D eigenvalue weighted by Gasteiger charge is 2.38. The number of para-hydroxylation sites is 2. The summed E-state index contributed by atoms with van der Waals surface area (Å²) >= 11 is 0. The summed E-state index contributed by atoms with van der Waals surface area (Å²) in [6.07, 6.45) is 0. The van der Waals surface area contributed by atoms with Crippen LogP contribution in [0.2, 0.25) is 0 Å². The molecule has 11 aromatic rings. The van der Waals surface area contributed by atoms with Crippen LogP contribution in [-0.2, 0) is 5.41 Å². The first-order chi connectivity index (χ1) is 28.5. The predicted octanol–water partition coefficient (Wildman–Crippen LogP) is 15.7. The summed E-state index contributed by atoms with van der Waals surface area (Å²) in [5.41, 5.74) is 16.6. The van der Waals surface area contributed by atoms with Crippen molar-refractivity contribution in [3.05, 3.63) is 199 Å². The lowest BCUT2D eigenvalue weighted by Crippen LogP contribution is -2.16. The molecule has 9 aromatic carbocycles. The van der Waals surface area contributed by atoms with Crippen LogP contribution in [0.25, 0.3) is 88.0 Å². The molecule has 0 spiro atoms. The van der Waals surface area contributed by atoms with Crippen molar-refractivity contribution in [2.24, 2.45) is 0 Å². The number of anilines is 3. The Labute approximate surface area is 336 Å². The fourth-order valence-electron chi connectivity index (χ4n) is 9.72. The van der Waals surface area contributed by atoms with E-state index < -0.39 is 0 Å². The molecule has 0 N–H and O–H groups in total. The van der Waals surface area contributed by atoms with Crippen molar-refractivity contribution in [3.8, 4) is 33.4 Å². The van der Waals surface area contributed by atoms with Crippen molar-refractivity contribution in [1.82, 2.24) is 0 Å². The van der Waals surface area contributed by atoms with Gasteiger partial charge in [0.2, 0.25) is 0 Å². The van der Waals surface area contributed by atoms with Crippen molar-refractivity contribution in [2.75, 3.05) is 4.90 Å². The Balaban J connectivity index is 1.07. The van der Waals surface area contributed by atoms with Crippen LogP contribution in [-0.4, -0.2) is 0 Å². The highest BCUT2D eigenvalue weighted by Crippen LogP contribution is 2.55. The molecule has 1 aliphatic carbocycles. The number of fused-ring (bicyclic) bond motifs is 11. The average Bonchev–Trinajstić information content (AvgIpc) is 3.92. The number of hydrogen-bond acceptors (Lipinski definition) is 3. The Bertz CT molecular complexity index is 3440. The van der Waals surface area contributed by atoms with Gasteiger partial charge in [0.25, 0.3) is 0 Å². The first-order valence-electron chi connectivity index (χ1n) is 20.0. The monoisotopic (exact) mass is 743 g/mol. The minimum absolute atomic E-state index is 0.138. The van der Waals surface area contributed by atoms with Crippen molar-refractivity contribution >= 4 is 71.7 Å². The topological polar surface area (TPSA) is 29.5 Å². The van der Waals surface area contributed by atoms with E-state index in [9.17, 15) is 0 Å². The third-order valence-corrected chi connectivity index (χ3v) is 12.5. The number of rotatable bonds is 5. The molecular formula is C55H37NO2. The predicted molar refractivity (Wildman–Crippen MR) is 242 cm³/mol. The maximum absolute atomic E-state index is 6.55. The van der Waals surface area contributed by atoms with Gasteiger partial charge in [0.15, 0.2) is 0 Å². The standard InChI is InChI=1S/C55H37NO2/c1-55(2)45-19-8-5-16-42(45)53-46(55)20-12-22-48(53)56(37-29-25-35(26-30-37)39-18-11-24-51-52(39)43-17-7-10-23-49(43)57-51)47-21-9-6-14-38(47)36-28-32-50-44(33-36)41-31-27-34-13-3-4-15-40(34)54(41)58-50/h3-33H,1-2H3. The third-order valence-electron chi connectivity index (χ3n) is 12.5. The number of hydrogen-bond donors (Lipinski definition) is 0. The van der Waals surface area contributed by atoms with E-state index in [1.54, 1.807) is 0 Å². The van der Waals surface area contributed by atoms with E-state index >= 15 is 0 Å². The molecule has 12 rings (SSSR count). The van der Waals surface area contributed by atoms with Crippen LogP contribution in [0.15, 0.2) is 197 Å². The molecule has 274 valence electrons. The zero-order valence-electron chi connectivity index (χ0n) is 32.2. The third kappa shape index (κ3) is 4.74. The van der Waals surface area contributed by atoms with Gasteiger partial charge < -0.3 is 13.7 Å². The maximum Gasteiger partial charge on any atom is 0.143 e. The lowest BCUT2D eigenvalue weighted by Gasteiger charge is -2.30. The van der Waals surface area contributed by atoms with Gasteiger partial charge in [0.05, 0.1) is 11.4 Å². The van der Waals surface area contributed by atoms with Gasteiger partial charge in [-0.1, -0.05) is 147 Å². The van der Waals surface area contributed by atoms with Gasteiger partial charge in [-0.15, -0.1) is 0 Å². The molecule has 2 aromatic heterocycles. The largest absolute Gasteiger partial charge is 0.456 e. The first kappa shape index (κ1) is 32.8.